The van der Waals surface area contributed by atoms with E-state index in [1.54, 1.807) is 0 Å². The number of nitrogens with one attached hydrogen (secondary N) is 1. The summed E-state index contributed by atoms with van der Waals surface area (Å²) in [7, 11) is 3.97. The van der Waals surface area contributed by atoms with Crippen LogP contribution in [-0.4, -0.2) is 74.4 Å². The van der Waals surface area contributed by atoms with Crippen LogP contribution in [0, 0.1) is 5.92 Å². The molecule has 0 radical (unpaired) electrons. The van der Waals surface area contributed by atoms with Gasteiger partial charge in [0.05, 0.1) is 6.10 Å². The van der Waals surface area contributed by atoms with Gasteiger partial charge >= 0.3 is 0 Å². The molecule has 2 atom stereocenters. The van der Waals surface area contributed by atoms with Gasteiger partial charge in [-0.15, -0.1) is 0 Å². The summed E-state index contributed by atoms with van der Waals surface area (Å²) in [6.07, 6.45) is 1.05. The number of hydrogen-bond donors (Lipinski definition) is 2. The van der Waals surface area contributed by atoms with Crippen molar-refractivity contribution in [1.82, 2.24) is 15.1 Å². The van der Waals surface area contributed by atoms with Crippen LogP contribution in [0.15, 0.2) is 0 Å². The Morgan fingerprint density at radius 1 is 1.50 bits per heavy atom. The van der Waals surface area contributed by atoms with Gasteiger partial charge in [-0.25, -0.2) is 0 Å². The number of likely N-dealkylation sites (tertiary alicyclic amines) is 1. The maximum absolute atomic E-state index is 9.68. The third-order valence-electron chi connectivity index (χ3n) is 3.21. The Kier molecular flexibility index (Phi) is 6.28. The van der Waals surface area contributed by atoms with E-state index in [0.29, 0.717) is 6.54 Å². The summed E-state index contributed by atoms with van der Waals surface area (Å²) in [5.74, 6) is 0.770. The van der Waals surface area contributed by atoms with Gasteiger partial charge in [0.15, 0.2) is 0 Å². The molecule has 2 unspecified atom stereocenters. The zero-order chi connectivity index (χ0) is 12.0. The van der Waals surface area contributed by atoms with Gasteiger partial charge in [-0.2, -0.15) is 0 Å². The van der Waals surface area contributed by atoms with E-state index in [1.165, 1.54) is 26.1 Å². The van der Waals surface area contributed by atoms with Crippen LogP contribution in [0.1, 0.15) is 13.3 Å². The Labute approximate surface area is 99.6 Å². The first-order chi connectivity index (χ1) is 7.61. The molecule has 0 aromatic carbocycles. The van der Waals surface area contributed by atoms with Crippen LogP contribution in [0.2, 0.25) is 0 Å². The maximum atomic E-state index is 9.68. The van der Waals surface area contributed by atoms with E-state index >= 15 is 0 Å². The van der Waals surface area contributed by atoms with E-state index in [1.807, 2.05) is 19.0 Å². The molecule has 4 heteroatoms. The minimum atomic E-state index is -0.251. The molecule has 0 aliphatic carbocycles. The molecule has 0 spiro atoms. The molecule has 96 valence electrons. The van der Waals surface area contributed by atoms with Crippen LogP contribution < -0.4 is 5.32 Å². The Morgan fingerprint density at radius 3 is 2.81 bits per heavy atom. The smallest absolute Gasteiger partial charge is 0.0791 e. The summed E-state index contributed by atoms with van der Waals surface area (Å²) < 4.78 is 0. The van der Waals surface area contributed by atoms with Crippen molar-refractivity contribution < 1.29 is 5.11 Å². The van der Waals surface area contributed by atoms with Crippen molar-refractivity contribution in [3.63, 3.8) is 0 Å². The summed E-state index contributed by atoms with van der Waals surface area (Å²) in [6.45, 7) is 8.33. The summed E-state index contributed by atoms with van der Waals surface area (Å²) in [6, 6.07) is 0. The topological polar surface area (TPSA) is 38.7 Å². The van der Waals surface area contributed by atoms with Gasteiger partial charge in [0.2, 0.25) is 0 Å². The number of aliphatic hydroxyl groups excluding tert-OH is 1. The summed E-state index contributed by atoms with van der Waals surface area (Å²) in [5, 5.41) is 13.1. The highest BCUT2D eigenvalue weighted by Gasteiger charge is 2.20. The number of likely N-dealkylation sites (N-methyl/N-ethyl adjacent to an activating group) is 1. The predicted molar refractivity (Wildman–Crippen MR) is 67.7 cm³/mol. The molecule has 0 aromatic rings. The molecule has 1 rings (SSSR count). The van der Waals surface area contributed by atoms with Crippen molar-refractivity contribution in [3.05, 3.63) is 0 Å². The van der Waals surface area contributed by atoms with Gasteiger partial charge < -0.3 is 20.2 Å². The largest absolute Gasteiger partial charge is 0.390 e. The lowest BCUT2D eigenvalue weighted by Gasteiger charge is -2.18. The van der Waals surface area contributed by atoms with Gasteiger partial charge in [-0.3, -0.25) is 0 Å². The molecule has 16 heavy (non-hydrogen) atoms. The van der Waals surface area contributed by atoms with Crippen LogP contribution in [0.25, 0.3) is 0 Å². The molecule has 1 aliphatic rings. The van der Waals surface area contributed by atoms with Gasteiger partial charge in [0, 0.05) is 19.6 Å². The summed E-state index contributed by atoms with van der Waals surface area (Å²) in [5.41, 5.74) is 0. The van der Waals surface area contributed by atoms with E-state index in [2.05, 4.69) is 17.1 Å². The highest BCUT2D eigenvalue weighted by atomic mass is 16.3. The van der Waals surface area contributed by atoms with Crippen LogP contribution in [0.4, 0.5) is 0 Å². The van der Waals surface area contributed by atoms with Crippen LogP contribution in [0.5, 0.6) is 0 Å². The van der Waals surface area contributed by atoms with Crippen molar-refractivity contribution in [3.8, 4) is 0 Å². The van der Waals surface area contributed by atoms with Crippen LogP contribution in [0.3, 0.4) is 0 Å². The van der Waals surface area contributed by atoms with E-state index in [9.17, 15) is 5.11 Å². The van der Waals surface area contributed by atoms with Crippen molar-refractivity contribution in [2.24, 2.45) is 5.92 Å². The third kappa shape index (κ3) is 5.25. The van der Waals surface area contributed by atoms with Crippen molar-refractivity contribution >= 4 is 0 Å². The Hall–Kier alpha value is -0.160. The van der Waals surface area contributed by atoms with Crippen LogP contribution >= 0.6 is 0 Å². The summed E-state index contributed by atoms with van der Waals surface area (Å²) in [4.78, 5) is 4.50. The lowest BCUT2D eigenvalue weighted by atomic mass is 10.1. The SMILES string of the molecule is CCN1CCC(CNCC(O)CN(C)C)C1. The lowest BCUT2D eigenvalue weighted by Crippen LogP contribution is -2.37. The van der Waals surface area contributed by atoms with Gasteiger partial charge in [0.1, 0.15) is 0 Å². The molecule has 4 nitrogen and oxygen atoms in total. The molecular weight excluding hydrogens is 202 g/mol. The molecule has 0 amide bonds. The average Bonchev–Trinajstić information content (AvgIpc) is 2.64. The third-order valence-corrected chi connectivity index (χ3v) is 3.21. The van der Waals surface area contributed by atoms with Crippen LogP contribution in [-0.2, 0) is 0 Å². The average molecular weight is 229 g/mol. The lowest BCUT2D eigenvalue weighted by molar-refractivity contribution is 0.133. The fourth-order valence-electron chi connectivity index (χ4n) is 2.31. The van der Waals surface area contributed by atoms with E-state index in [0.717, 1.165) is 19.0 Å². The first-order valence-electron chi connectivity index (χ1n) is 6.37. The Morgan fingerprint density at radius 2 is 2.25 bits per heavy atom. The van der Waals surface area contributed by atoms with Crippen molar-refractivity contribution in [1.29, 1.82) is 0 Å². The first kappa shape index (κ1) is 13.9. The van der Waals surface area contributed by atoms with Gasteiger partial charge in [0.25, 0.3) is 0 Å². The highest BCUT2D eigenvalue weighted by Crippen LogP contribution is 2.14. The molecule has 1 fully saturated rings. The number of aliphatic hydroxyl groups is 1. The zero-order valence-electron chi connectivity index (χ0n) is 10.9. The second-order valence-electron chi connectivity index (χ2n) is 5.12. The molecule has 0 saturated carbocycles. The molecule has 0 bridgehead atoms. The monoisotopic (exact) mass is 229 g/mol. The first-order valence-corrected chi connectivity index (χ1v) is 6.37. The molecule has 0 aromatic heterocycles. The summed E-state index contributed by atoms with van der Waals surface area (Å²) >= 11 is 0. The minimum Gasteiger partial charge on any atom is -0.390 e. The molecule has 1 saturated heterocycles. The van der Waals surface area contributed by atoms with E-state index in [4.69, 9.17) is 0 Å². The zero-order valence-corrected chi connectivity index (χ0v) is 10.9. The fourth-order valence-corrected chi connectivity index (χ4v) is 2.31. The van der Waals surface area contributed by atoms with E-state index in [-0.39, 0.29) is 6.10 Å². The second kappa shape index (κ2) is 7.22. The number of nitrogens with zero attached hydrogens (tertiary/aromatic N) is 2. The molecule has 2 N–H and O–H groups in total. The molecule has 1 heterocycles. The second-order valence-corrected chi connectivity index (χ2v) is 5.12. The Bertz CT molecular complexity index is 187. The minimum absolute atomic E-state index is 0.251. The molecular formula is C12H27N3O. The standard InChI is InChI=1S/C12H27N3O/c1-4-15-6-5-11(9-15)7-13-8-12(16)10-14(2)3/h11-13,16H,4-10H2,1-3H3. The Balaban J connectivity index is 2.03. The fraction of sp³-hybridized carbons (Fsp3) is 1.00. The van der Waals surface area contributed by atoms with Crippen molar-refractivity contribution in [2.75, 3.05) is 53.4 Å². The number of hydrogen-bond acceptors (Lipinski definition) is 4. The highest BCUT2D eigenvalue weighted by molar-refractivity contribution is 4.76. The maximum Gasteiger partial charge on any atom is 0.0791 e. The number of rotatable bonds is 7. The van der Waals surface area contributed by atoms with Gasteiger partial charge in [-0.05, 0) is 46.1 Å². The van der Waals surface area contributed by atoms with Crippen molar-refractivity contribution in [2.45, 2.75) is 19.4 Å². The normalized spacial score (nSPS) is 24.2. The van der Waals surface area contributed by atoms with E-state index < -0.39 is 0 Å². The quantitative estimate of drug-likeness (QED) is 0.636. The van der Waals surface area contributed by atoms with Gasteiger partial charge in [-0.1, -0.05) is 6.92 Å². The molecule has 1 aliphatic heterocycles. The predicted octanol–water partition coefficient (Wildman–Crippen LogP) is -0.160.